The van der Waals surface area contributed by atoms with Crippen molar-refractivity contribution in [3.05, 3.63) is 53.3 Å². The van der Waals surface area contributed by atoms with Crippen molar-refractivity contribution in [2.75, 3.05) is 0 Å². The van der Waals surface area contributed by atoms with E-state index in [9.17, 15) is 5.11 Å². The van der Waals surface area contributed by atoms with Gasteiger partial charge in [0.1, 0.15) is 5.69 Å². The van der Waals surface area contributed by atoms with Crippen LogP contribution in [0.15, 0.2) is 52.8 Å². The predicted molar refractivity (Wildman–Crippen MR) is 86.6 cm³/mol. The van der Waals surface area contributed by atoms with Crippen LogP contribution < -0.4 is 0 Å². The van der Waals surface area contributed by atoms with Gasteiger partial charge in [0.2, 0.25) is 0 Å². The van der Waals surface area contributed by atoms with E-state index in [2.05, 4.69) is 15.2 Å². The molecule has 0 fully saturated rings. The van der Waals surface area contributed by atoms with Crippen molar-refractivity contribution in [3.8, 4) is 5.75 Å². The molecule has 3 aromatic rings. The molecule has 6 heteroatoms. The first kappa shape index (κ1) is 14.5. The van der Waals surface area contributed by atoms with Crippen molar-refractivity contribution >= 4 is 28.8 Å². The number of benzene rings is 1. The van der Waals surface area contributed by atoms with Crippen molar-refractivity contribution in [1.82, 2.24) is 9.38 Å². The van der Waals surface area contributed by atoms with Crippen LogP contribution in [-0.4, -0.2) is 14.5 Å². The third kappa shape index (κ3) is 2.55. The fourth-order valence-electron chi connectivity index (χ4n) is 2.18. The molecule has 22 heavy (non-hydrogen) atoms. The van der Waals surface area contributed by atoms with Crippen LogP contribution in [0.2, 0.25) is 5.02 Å². The molecular formula is C16H15ClN4O. The summed E-state index contributed by atoms with van der Waals surface area (Å²) in [6.45, 7) is 4.04. The Bertz CT molecular complexity index is 854. The number of aromatic hydroxyl groups is 1. The summed E-state index contributed by atoms with van der Waals surface area (Å²) in [5, 5.41) is 19.0. The van der Waals surface area contributed by atoms with Crippen LogP contribution >= 0.6 is 11.6 Å². The van der Waals surface area contributed by atoms with Gasteiger partial charge in [-0.1, -0.05) is 37.6 Å². The van der Waals surface area contributed by atoms with Gasteiger partial charge < -0.3 is 5.11 Å². The third-order valence-electron chi connectivity index (χ3n) is 3.28. The smallest absolute Gasteiger partial charge is 0.183 e. The number of azo groups is 1. The largest absolute Gasteiger partial charge is 0.504 e. The Morgan fingerprint density at radius 3 is 2.64 bits per heavy atom. The minimum Gasteiger partial charge on any atom is -0.504 e. The van der Waals surface area contributed by atoms with Gasteiger partial charge in [-0.3, -0.25) is 4.40 Å². The average Bonchev–Trinajstić information content (AvgIpc) is 2.87. The van der Waals surface area contributed by atoms with Crippen LogP contribution in [0.3, 0.4) is 0 Å². The quantitative estimate of drug-likeness (QED) is 0.672. The maximum Gasteiger partial charge on any atom is 0.183 e. The number of rotatable bonds is 3. The highest BCUT2D eigenvalue weighted by Gasteiger charge is 2.16. The van der Waals surface area contributed by atoms with Crippen molar-refractivity contribution in [3.63, 3.8) is 0 Å². The molecule has 0 spiro atoms. The highest BCUT2D eigenvalue weighted by atomic mass is 35.5. The number of imidazole rings is 1. The Kier molecular flexibility index (Phi) is 3.81. The molecule has 112 valence electrons. The molecule has 0 aliphatic heterocycles. The number of halogens is 1. The van der Waals surface area contributed by atoms with Crippen molar-refractivity contribution in [2.24, 2.45) is 10.2 Å². The van der Waals surface area contributed by atoms with Gasteiger partial charge in [0.15, 0.2) is 17.2 Å². The van der Waals surface area contributed by atoms with Gasteiger partial charge in [0, 0.05) is 6.20 Å². The second-order valence-electron chi connectivity index (χ2n) is 5.21. The molecule has 0 bridgehead atoms. The highest BCUT2D eigenvalue weighted by molar-refractivity contribution is 6.32. The van der Waals surface area contributed by atoms with Crippen molar-refractivity contribution in [2.45, 2.75) is 19.8 Å². The molecule has 0 saturated heterocycles. The minimum absolute atomic E-state index is 0.114. The Morgan fingerprint density at radius 1 is 1.14 bits per heavy atom. The lowest BCUT2D eigenvalue weighted by Crippen LogP contribution is -1.87. The van der Waals surface area contributed by atoms with Crippen LogP contribution in [0.1, 0.15) is 25.5 Å². The summed E-state index contributed by atoms with van der Waals surface area (Å²) in [5.41, 5.74) is 1.84. The van der Waals surface area contributed by atoms with E-state index < -0.39 is 0 Å². The Hall–Kier alpha value is -2.40. The molecule has 2 aromatic heterocycles. The minimum atomic E-state index is 0.114. The molecule has 0 amide bonds. The Balaban J connectivity index is 2.15. The number of fused-ring (bicyclic) bond motifs is 1. The van der Waals surface area contributed by atoms with Crippen molar-refractivity contribution in [1.29, 1.82) is 0 Å². The highest BCUT2D eigenvalue weighted by Crippen LogP contribution is 2.33. The van der Waals surface area contributed by atoms with E-state index in [4.69, 9.17) is 11.6 Å². The molecule has 1 N–H and O–H groups in total. The second-order valence-corrected chi connectivity index (χ2v) is 5.62. The summed E-state index contributed by atoms with van der Waals surface area (Å²) >= 11 is 6.09. The summed E-state index contributed by atoms with van der Waals surface area (Å²) in [6, 6.07) is 10.6. The average molecular weight is 315 g/mol. The first-order valence-corrected chi connectivity index (χ1v) is 7.32. The molecule has 0 aliphatic rings. The zero-order valence-corrected chi connectivity index (χ0v) is 13.0. The fraction of sp³-hybridized carbons (Fsp3) is 0.188. The molecule has 0 unspecified atom stereocenters. The zero-order valence-electron chi connectivity index (χ0n) is 12.2. The summed E-state index contributed by atoms with van der Waals surface area (Å²) in [6.07, 6.45) is 1.80. The SMILES string of the molecule is CC(C)c1nc2c(O)cccn2c1N=Nc1ccccc1Cl. The molecule has 2 heterocycles. The molecule has 5 nitrogen and oxygen atoms in total. The third-order valence-corrected chi connectivity index (χ3v) is 3.60. The maximum atomic E-state index is 9.94. The van der Waals surface area contributed by atoms with E-state index in [0.29, 0.717) is 22.2 Å². The first-order valence-electron chi connectivity index (χ1n) is 6.94. The lowest BCUT2D eigenvalue weighted by molar-refractivity contribution is 0.477. The standard InChI is InChI=1S/C16H15ClN4O/c1-10(2)14-16(20-19-12-7-4-3-6-11(12)17)21-9-5-8-13(22)15(21)18-14/h3-10,22H,1-2H3. The van der Waals surface area contributed by atoms with Crippen LogP contribution in [0.25, 0.3) is 5.65 Å². The van der Waals surface area contributed by atoms with Gasteiger partial charge in [-0.25, -0.2) is 4.98 Å². The summed E-state index contributed by atoms with van der Waals surface area (Å²) in [5.74, 6) is 0.865. The summed E-state index contributed by atoms with van der Waals surface area (Å²) in [4.78, 5) is 4.47. The lowest BCUT2D eigenvalue weighted by atomic mass is 10.1. The molecule has 0 saturated carbocycles. The first-order chi connectivity index (χ1) is 10.6. The van der Waals surface area contributed by atoms with Gasteiger partial charge >= 0.3 is 0 Å². The normalized spacial score (nSPS) is 11.8. The van der Waals surface area contributed by atoms with Crippen LogP contribution in [0.5, 0.6) is 5.75 Å². The number of aromatic nitrogens is 2. The van der Waals surface area contributed by atoms with E-state index >= 15 is 0 Å². The number of nitrogens with zero attached hydrogens (tertiary/aromatic N) is 4. The molecule has 0 radical (unpaired) electrons. The second kappa shape index (κ2) is 5.77. The molecule has 1 aromatic carbocycles. The van der Waals surface area contributed by atoms with Gasteiger partial charge in [0.05, 0.1) is 10.7 Å². The van der Waals surface area contributed by atoms with Crippen LogP contribution in [0.4, 0.5) is 11.5 Å². The predicted octanol–water partition coefficient (Wildman–Crippen LogP) is 5.23. The molecule has 0 aliphatic carbocycles. The zero-order chi connectivity index (χ0) is 15.7. The van der Waals surface area contributed by atoms with Gasteiger partial charge in [-0.2, -0.15) is 0 Å². The van der Waals surface area contributed by atoms with Crippen molar-refractivity contribution < 1.29 is 5.11 Å². The maximum absolute atomic E-state index is 9.94. The topological polar surface area (TPSA) is 62.2 Å². The molecule has 3 rings (SSSR count). The Morgan fingerprint density at radius 2 is 1.91 bits per heavy atom. The van der Waals surface area contributed by atoms with Gasteiger partial charge in [0.25, 0.3) is 0 Å². The summed E-state index contributed by atoms with van der Waals surface area (Å²) in [7, 11) is 0. The van der Waals surface area contributed by atoms with E-state index in [1.54, 1.807) is 34.9 Å². The Labute approximate surface area is 132 Å². The lowest BCUT2D eigenvalue weighted by Gasteiger charge is -2.02. The molecule has 0 atom stereocenters. The number of pyridine rings is 1. The number of hydrogen-bond donors (Lipinski definition) is 1. The van der Waals surface area contributed by atoms with E-state index in [1.165, 1.54) is 0 Å². The summed E-state index contributed by atoms with van der Waals surface area (Å²) < 4.78 is 1.73. The van der Waals surface area contributed by atoms with E-state index in [1.807, 2.05) is 26.0 Å². The van der Waals surface area contributed by atoms with Gasteiger partial charge in [-0.15, -0.1) is 10.2 Å². The van der Waals surface area contributed by atoms with E-state index in [-0.39, 0.29) is 11.7 Å². The van der Waals surface area contributed by atoms with Crippen LogP contribution in [-0.2, 0) is 0 Å². The monoisotopic (exact) mass is 314 g/mol. The van der Waals surface area contributed by atoms with Gasteiger partial charge in [-0.05, 0) is 30.2 Å². The molecular weight excluding hydrogens is 300 g/mol. The fourth-order valence-corrected chi connectivity index (χ4v) is 2.35. The number of hydrogen-bond acceptors (Lipinski definition) is 4. The van der Waals surface area contributed by atoms with Crippen LogP contribution in [0, 0.1) is 0 Å². The van der Waals surface area contributed by atoms with E-state index in [0.717, 1.165) is 5.69 Å².